The molecule has 4 fully saturated rings. The monoisotopic (exact) mass is 330 g/mol. The van der Waals surface area contributed by atoms with Crippen LogP contribution in [0.1, 0.15) is 78.1 Å². The van der Waals surface area contributed by atoms with Crippen LogP contribution in [0.15, 0.2) is 12.2 Å². The Hall–Kier alpha value is -0.790. The highest BCUT2D eigenvalue weighted by Gasteiger charge is 2.59. The van der Waals surface area contributed by atoms with Gasteiger partial charge in [-0.1, -0.05) is 32.8 Å². The summed E-state index contributed by atoms with van der Waals surface area (Å²) in [4.78, 5) is 11.0. The highest BCUT2D eigenvalue weighted by molar-refractivity contribution is 5.79. The lowest BCUT2D eigenvalue weighted by Crippen LogP contribution is -2.52. The van der Waals surface area contributed by atoms with Gasteiger partial charge < -0.3 is 5.11 Å². The van der Waals surface area contributed by atoms with E-state index in [0.29, 0.717) is 16.7 Å². The molecule has 0 amide bonds. The maximum absolute atomic E-state index is 11.0. The molecule has 1 unspecified atom stereocenters. The van der Waals surface area contributed by atoms with Crippen molar-refractivity contribution in [1.82, 2.24) is 0 Å². The summed E-state index contributed by atoms with van der Waals surface area (Å²) in [5.74, 6) is 3.37. The fourth-order valence-electron chi connectivity index (χ4n) is 7.85. The maximum atomic E-state index is 11.0. The summed E-state index contributed by atoms with van der Waals surface area (Å²) in [6.45, 7) is 5.11. The highest BCUT2D eigenvalue weighted by atomic mass is 16.4. The molecule has 0 radical (unpaired) electrons. The first kappa shape index (κ1) is 16.7. The van der Waals surface area contributed by atoms with E-state index in [0.717, 1.165) is 23.7 Å². The summed E-state index contributed by atoms with van der Waals surface area (Å²) in [7, 11) is 0. The van der Waals surface area contributed by atoms with Gasteiger partial charge in [0, 0.05) is 6.08 Å². The minimum atomic E-state index is -0.786. The third-order valence-corrected chi connectivity index (χ3v) is 9.13. The fourth-order valence-corrected chi connectivity index (χ4v) is 7.85. The summed E-state index contributed by atoms with van der Waals surface area (Å²) in [6.07, 6.45) is 17.4. The third-order valence-electron chi connectivity index (χ3n) is 9.13. The average molecular weight is 331 g/mol. The van der Waals surface area contributed by atoms with E-state index in [-0.39, 0.29) is 0 Å². The second kappa shape index (κ2) is 5.88. The van der Waals surface area contributed by atoms with Gasteiger partial charge in [-0.3, -0.25) is 0 Å². The van der Waals surface area contributed by atoms with Gasteiger partial charge >= 0.3 is 5.97 Å². The predicted molar refractivity (Wildman–Crippen MR) is 96.6 cm³/mol. The molecular formula is C22H34O2. The van der Waals surface area contributed by atoms with Gasteiger partial charge in [0.25, 0.3) is 0 Å². The third kappa shape index (κ3) is 2.39. The van der Waals surface area contributed by atoms with Crippen LogP contribution in [0.25, 0.3) is 0 Å². The summed E-state index contributed by atoms with van der Waals surface area (Å²) in [5, 5.41) is 9.02. The lowest BCUT2D eigenvalue weighted by atomic mass is 9.45. The van der Waals surface area contributed by atoms with Crippen LogP contribution in [0, 0.1) is 40.4 Å². The van der Waals surface area contributed by atoms with Crippen molar-refractivity contribution in [2.75, 3.05) is 0 Å². The van der Waals surface area contributed by atoms with Gasteiger partial charge in [-0.05, 0) is 91.8 Å². The number of aliphatic carboxylic acids is 1. The van der Waals surface area contributed by atoms with E-state index < -0.39 is 5.97 Å². The normalized spacial score (nSPS) is 51.0. The molecule has 0 aromatic heterocycles. The largest absolute Gasteiger partial charge is 0.478 e. The van der Waals surface area contributed by atoms with Crippen LogP contribution in [0.5, 0.6) is 0 Å². The van der Waals surface area contributed by atoms with Crippen LogP contribution >= 0.6 is 0 Å². The number of carboxylic acids is 1. The fraction of sp³-hybridized carbons (Fsp3) is 0.864. The van der Waals surface area contributed by atoms with Crippen LogP contribution in [-0.2, 0) is 4.79 Å². The number of allylic oxidation sites excluding steroid dienone is 1. The number of rotatable bonds is 2. The van der Waals surface area contributed by atoms with E-state index in [1.165, 1.54) is 70.3 Å². The van der Waals surface area contributed by atoms with Crippen molar-refractivity contribution in [3.63, 3.8) is 0 Å². The Morgan fingerprint density at radius 1 is 0.917 bits per heavy atom. The molecule has 0 heterocycles. The van der Waals surface area contributed by atoms with E-state index >= 15 is 0 Å². The lowest BCUT2D eigenvalue weighted by molar-refractivity contribution is -0.131. The highest BCUT2D eigenvalue weighted by Crippen LogP contribution is 2.67. The minimum Gasteiger partial charge on any atom is -0.478 e. The Balaban J connectivity index is 1.58. The van der Waals surface area contributed by atoms with Gasteiger partial charge in [-0.15, -0.1) is 0 Å². The second-order valence-electron chi connectivity index (χ2n) is 9.83. The van der Waals surface area contributed by atoms with E-state index in [1.54, 1.807) is 0 Å². The van der Waals surface area contributed by atoms with Crippen LogP contribution in [0.3, 0.4) is 0 Å². The molecule has 2 heteroatoms. The van der Waals surface area contributed by atoms with Crippen molar-refractivity contribution >= 4 is 5.97 Å². The van der Waals surface area contributed by atoms with Crippen molar-refractivity contribution in [1.29, 1.82) is 0 Å². The molecular weight excluding hydrogens is 296 g/mol. The standard InChI is InChI=1S/C22H34O2/c1-21-13-4-3-5-15(21)6-9-17-18-10-7-16(8-11-20(23)24)22(18,2)14-12-19(17)21/h8,11,15-19H,3-7,9-10,12-14H2,1-2H3,(H,23,24)/b11-8+/t15?,16-,17-,18-,19-,21-,22+/m0/s1. The molecule has 1 N–H and O–H groups in total. The zero-order valence-electron chi connectivity index (χ0n) is 15.5. The molecule has 4 aliphatic carbocycles. The Bertz CT molecular complexity index is 538. The molecule has 4 rings (SSSR count). The smallest absolute Gasteiger partial charge is 0.327 e. The van der Waals surface area contributed by atoms with Crippen molar-refractivity contribution in [2.24, 2.45) is 40.4 Å². The average Bonchev–Trinajstić information content (AvgIpc) is 2.89. The van der Waals surface area contributed by atoms with Gasteiger partial charge in [-0.25, -0.2) is 4.79 Å². The quantitative estimate of drug-likeness (QED) is 0.662. The molecule has 7 atom stereocenters. The summed E-state index contributed by atoms with van der Waals surface area (Å²) in [5.41, 5.74) is 0.961. The first-order chi connectivity index (χ1) is 11.4. The summed E-state index contributed by atoms with van der Waals surface area (Å²) in [6, 6.07) is 0. The zero-order chi connectivity index (χ0) is 16.9. The van der Waals surface area contributed by atoms with E-state index in [1.807, 2.05) is 6.08 Å². The number of carboxylic acid groups (broad SMARTS) is 1. The molecule has 0 aromatic rings. The van der Waals surface area contributed by atoms with Crippen LogP contribution < -0.4 is 0 Å². The predicted octanol–water partition coefficient (Wildman–Crippen LogP) is 5.68. The van der Waals surface area contributed by atoms with Crippen molar-refractivity contribution in [3.05, 3.63) is 12.2 Å². The van der Waals surface area contributed by atoms with E-state index in [9.17, 15) is 4.79 Å². The number of fused-ring (bicyclic) bond motifs is 5. The molecule has 0 saturated heterocycles. The molecule has 4 saturated carbocycles. The van der Waals surface area contributed by atoms with Gasteiger partial charge in [0.2, 0.25) is 0 Å². The van der Waals surface area contributed by atoms with Gasteiger partial charge in [0.15, 0.2) is 0 Å². The molecule has 4 aliphatic rings. The Kier molecular flexibility index (Phi) is 4.09. The first-order valence-electron chi connectivity index (χ1n) is 10.4. The maximum Gasteiger partial charge on any atom is 0.327 e. The molecule has 0 aliphatic heterocycles. The Morgan fingerprint density at radius 2 is 1.71 bits per heavy atom. The lowest BCUT2D eigenvalue weighted by Gasteiger charge is -2.60. The summed E-state index contributed by atoms with van der Waals surface area (Å²) >= 11 is 0. The minimum absolute atomic E-state index is 0.352. The Labute approximate surface area is 147 Å². The first-order valence-corrected chi connectivity index (χ1v) is 10.4. The molecule has 24 heavy (non-hydrogen) atoms. The zero-order valence-corrected chi connectivity index (χ0v) is 15.5. The van der Waals surface area contributed by atoms with Gasteiger partial charge in [0.05, 0.1) is 0 Å². The number of hydrogen-bond donors (Lipinski definition) is 1. The number of carbonyl (C=O) groups is 1. The van der Waals surface area contributed by atoms with Gasteiger partial charge in [0.1, 0.15) is 0 Å². The van der Waals surface area contributed by atoms with Crippen molar-refractivity contribution in [2.45, 2.75) is 78.1 Å². The summed E-state index contributed by atoms with van der Waals surface area (Å²) < 4.78 is 0. The second-order valence-corrected chi connectivity index (χ2v) is 9.83. The molecule has 0 bridgehead atoms. The van der Waals surface area contributed by atoms with Crippen molar-refractivity contribution in [3.8, 4) is 0 Å². The molecule has 2 nitrogen and oxygen atoms in total. The molecule has 0 spiro atoms. The SMILES string of the molecule is C[C@]12CC[C@H]3[C@@H](CCC4CCCC[C@@]43C)[C@@H]1CC[C@H]2/C=C/C(=O)O. The number of hydrogen-bond acceptors (Lipinski definition) is 1. The van der Waals surface area contributed by atoms with Crippen LogP contribution in [0.2, 0.25) is 0 Å². The van der Waals surface area contributed by atoms with E-state index in [4.69, 9.17) is 5.11 Å². The van der Waals surface area contributed by atoms with Gasteiger partial charge in [-0.2, -0.15) is 0 Å². The van der Waals surface area contributed by atoms with Crippen LogP contribution in [0.4, 0.5) is 0 Å². The molecule has 0 aromatic carbocycles. The molecule has 134 valence electrons. The Morgan fingerprint density at radius 3 is 2.50 bits per heavy atom. The van der Waals surface area contributed by atoms with E-state index in [2.05, 4.69) is 13.8 Å². The van der Waals surface area contributed by atoms with Crippen molar-refractivity contribution < 1.29 is 9.90 Å². The topological polar surface area (TPSA) is 37.3 Å². The van der Waals surface area contributed by atoms with Crippen LogP contribution in [-0.4, -0.2) is 11.1 Å².